The van der Waals surface area contributed by atoms with E-state index in [0.29, 0.717) is 0 Å². The summed E-state index contributed by atoms with van der Waals surface area (Å²) in [6.07, 6.45) is 0. The summed E-state index contributed by atoms with van der Waals surface area (Å²) < 4.78 is 27.7. The third kappa shape index (κ3) is 5.76. The van der Waals surface area contributed by atoms with Gasteiger partial charge in [-0.3, -0.25) is 0 Å². The molecule has 0 unspecified atom stereocenters. The van der Waals surface area contributed by atoms with Gasteiger partial charge < -0.3 is 10.2 Å². The Morgan fingerprint density at radius 2 is 1.00 bits per heavy atom. The number of nitrogens with one attached hydrogen (secondary N) is 1. The molecular formula is C32H34F2N2. The average Bonchev–Trinajstić information content (AvgIpc) is 2.81. The lowest BCUT2D eigenvalue weighted by atomic mass is 9.86. The first kappa shape index (κ1) is 25.4. The van der Waals surface area contributed by atoms with Gasteiger partial charge in [-0.1, -0.05) is 59.7 Å². The molecule has 4 rings (SSSR count). The molecule has 0 radical (unpaired) electrons. The lowest BCUT2D eigenvalue weighted by Crippen LogP contribution is -2.16. The molecule has 0 bridgehead atoms. The molecule has 0 spiro atoms. The van der Waals surface area contributed by atoms with Gasteiger partial charge >= 0.3 is 0 Å². The average molecular weight is 485 g/mol. The SMILES string of the molecule is CC(C)(C)c1ccc(Nc2ccc(C(C)(C)C)cc2N(c2ccc(F)cc2)c2ccc(F)cc2)cc1. The molecule has 0 amide bonds. The number of anilines is 5. The molecule has 0 atom stereocenters. The fourth-order valence-electron chi connectivity index (χ4n) is 4.11. The van der Waals surface area contributed by atoms with Crippen LogP contribution in [0.5, 0.6) is 0 Å². The number of nitrogens with zero attached hydrogens (tertiary/aromatic N) is 1. The van der Waals surface area contributed by atoms with Crippen molar-refractivity contribution in [2.24, 2.45) is 0 Å². The Bertz CT molecular complexity index is 1270. The lowest BCUT2D eigenvalue weighted by Gasteiger charge is -2.30. The Labute approximate surface area is 213 Å². The van der Waals surface area contributed by atoms with Crippen LogP contribution in [0.1, 0.15) is 52.7 Å². The molecule has 0 heterocycles. The van der Waals surface area contributed by atoms with Crippen molar-refractivity contribution in [1.29, 1.82) is 0 Å². The largest absolute Gasteiger partial charge is 0.354 e. The maximum Gasteiger partial charge on any atom is 0.123 e. The van der Waals surface area contributed by atoms with Crippen molar-refractivity contribution in [3.05, 3.63) is 114 Å². The van der Waals surface area contributed by atoms with E-state index in [1.165, 1.54) is 29.8 Å². The highest BCUT2D eigenvalue weighted by Crippen LogP contribution is 2.42. The second kappa shape index (κ2) is 9.77. The maximum atomic E-state index is 13.8. The van der Waals surface area contributed by atoms with Gasteiger partial charge in [0, 0.05) is 17.1 Å². The topological polar surface area (TPSA) is 15.3 Å². The summed E-state index contributed by atoms with van der Waals surface area (Å²) in [5.41, 5.74) is 6.70. The number of hydrogen-bond acceptors (Lipinski definition) is 2. The third-order valence-corrected chi connectivity index (χ3v) is 6.30. The van der Waals surface area contributed by atoms with E-state index < -0.39 is 0 Å². The van der Waals surface area contributed by atoms with Crippen molar-refractivity contribution >= 4 is 28.4 Å². The smallest absolute Gasteiger partial charge is 0.123 e. The van der Waals surface area contributed by atoms with Crippen LogP contribution in [0.4, 0.5) is 37.2 Å². The summed E-state index contributed by atoms with van der Waals surface area (Å²) in [4.78, 5) is 2.03. The predicted octanol–water partition coefficient (Wildman–Crippen LogP) is 9.77. The summed E-state index contributed by atoms with van der Waals surface area (Å²) in [6, 6.07) is 27.5. The van der Waals surface area contributed by atoms with E-state index in [2.05, 4.69) is 89.3 Å². The first-order valence-electron chi connectivity index (χ1n) is 12.3. The van der Waals surface area contributed by atoms with Gasteiger partial charge in [-0.05, 0) is 94.8 Å². The summed E-state index contributed by atoms with van der Waals surface area (Å²) in [5, 5.41) is 3.58. The van der Waals surface area contributed by atoms with Crippen LogP contribution in [0, 0.1) is 11.6 Å². The quantitative estimate of drug-likeness (QED) is 0.303. The van der Waals surface area contributed by atoms with Gasteiger partial charge in [0.2, 0.25) is 0 Å². The van der Waals surface area contributed by atoms with Crippen LogP contribution >= 0.6 is 0 Å². The first-order valence-corrected chi connectivity index (χ1v) is 12.3. The number of halogens is 2. The first-order chi connectivity index (χ1) is 16.9. The van der Waals surface area contributed by atoms with Crippen molar-refractivity contribution < 1.29 is 8.78 Å². The van der Waals surface area contributed by atoms with Crippen molar-refractivity contribution in [2.45, 2.75) is 52.4 Å². The Morgan fingerprint density at radius 3 is 1.44 bits per heavy atom. The third-order valence-electron chi connectivity index (χ3n) is 6.30. The molecule has 4 aromatic rings. The van der Waals surface area contributed by atoms with Gasteiger partial charge in [-0.25, -0.2) is 8.78 Å². The Kier molecular flexibility index (Phi) is 6.90. The predicted molar refractivity (Wildman–Crippen MR) is 148 cm³/mol. The Morgan fingerprint density at radius 1 is 0.556 bits per heavy atom. The van der Waals surface area contributed by atoms with E-state index in [1.807, 2.05) is 4.90 Å². The van der Waals surface area contributed by atoms with E-state index in [9.17, 15) is 8.78 Å². The molecule has 0 saturated carbocycles. The molecule has 36 heavy (non-hydrogen) atoms. The second-order valence-corrected chi connectivity index (χ2v) is 11.2. The molecule has 4 aromatic carbocycles. The van der Waals surface area contributed by atoms with Crippen LogP contribution in [0.25, 0.3) is 0 Å². The summed E-state index contributed by atoms with van der Waals surface area (Å²) in [5.74, 6) is -0.614. The molecule has 4 heteroatoms. The van der Waals surface area contributed by atoms with E-state index in [4.69, 9.17) is 0 Å². The molecule has 1 N–H and O–H groups in total. The summed E-state index contributed by atoms with van der Waals surface area (Å²) in [7, 11) is 0. The molecule has 0 aromatic heterocycles. The van der Waals surface area contributed by atoms with Crippen LogP contribution in [-0.2, 0) is 10.8 Å². The summed E-state index contributed by atoms with van der Waals surface area (Å²) >= 11 is 0. The zero-order chi connectivity index (χ0) is 26.1. The van der Waals surface area contributed by atoms with Crippen LogP contribution in [0.3, 0.4) is 0 Å². The van der Waals surface area contributed by atoms with E-state index >= 15 is 0 Å². The van der Waals surface area contributed by atoms with E-state index in [-0.39, 0.29) is 22.5 Å². The van der Waals surface area contributed by atoms with Crippen molar-refractivity contribution in [3.63, 3.8) is 0 Å². The minimum absolute atomic E-state index is 0.0695. The van der Waals surface area contributed by atoms with Gasteiger partial charge in [-0.15, -0.1) is 0 Å². The fourth-order valence-corrected chi connectivity index (χ4v) is 4.11. The molecule has 0 saturated heterocycles. The number of hydrogen-bond donors (Lipinski definition) is 1. The van der Waals surface area contributed by atoms with Crippen LogP contribution in [0.2, 0.25) is 0 Å². The minimum Gasteiger partial charge on any atom is -0.354 e. The highest BCUT2D eigenvalue weighted by Gasteiger charge is 2.21. The zero-order valence-corrected chi connectivity index (χ0v) is 21.9. The molecule has 0 aliphatic carbocycles. The normalized spacial score (nSPS) is 11.9. The molecule has 0 fully saturated rings. The molecular weight excluding hydrogens is 450 g/mol. The summed E-state index contributed by atoms with van der Waals surface area (Å²) in [6.45, 7) is 13.1. The van der Waals surface area contributed by atoms with Crippen molar-refractivity contribution in [3.8, 4) is 0 Å². The van der Waals surface area contributed by atoms with Gasteiger partial charge in [0.15, 0.2) is 0 Å². The fraction of sp³-hybridized carbons (Fsp3) is 0.250. The lowest BCUT2D eigenvalue weighted by molar-refractivity contribution is 0.590. The monoisotopic (exact) mass is 484 g/mol. The van der Waals surface area contributed by atoms with Crippen LogP contribution in [-0.4, -0.2) is 0 Å². The van der Waals surface area contributed by atoms with E-state index in [1.54, 1.807) is 24.3 Å². The van der Waals surface area contributed by atoms with Gasteiger partial charge in [0.25, 0.3) is 0 Å². The van der Waals surface area contributed by atoms with Crippen molar-refractivity contribution in [2.75, 3.05) is 10.2 Å². The van der Waals surface area contributed by atoms with Gasteiger partial charge in [0.1, 0.15) is 11.6 Å². The maximum absolute atomic E-state index is 13.8. The molecule has 0 aliphatic heterocycles. The van der Waals surface area contributed by atoms with Gasteiger partial charge in [0.05, 0.1) is 11.4 Å². The minimum atomic E-state index is -0.307. The molecule has 186 valence electrons. The highest BCUT2D eigenvalue weighted by atomic mass is 19.1. The Hall–Kier alpha value is -3.66. The van der Waals surface area contributed by atoms with Crippen LogP contribution < -0.4 is 10.2 Å². The van der Waals surface area contributed by atoms with Crippen LogP contribution in [0.15, 0.2) is 91.0 Å². The zero-order valence-electron chi connectivity index (χ0n) is 21.9. The Balaban J connectivity index is 1.87. The molecule has 0 aliphatic rings. The number of rotatable bonds is 5. The number of benzene rings is 4. The standard InChI is InChI=1S/C32H34F2N2/c1-31(2,3)22-7-14-26(15-8-22)35-29-20-9-23(32(4,5)6)21-30(29)36(27-16-10-24(33)11-17-27)28-18-12-25(34)13-19-28/h7-21,35H,1-6H3. The van der Waals surface area contributed by atoms with Gasteiger partial charge in [-0.2, -0.15) is 0 Å². The van der Waals surface area contributed by atoms with E-state index in [0.717, 1.165) is 34.0 Å². The molecule has 2 nitrogen and oxygen atoms in total. The van der Waals surface area contributed by atoms with Crippen molar-refractivity contribution in [1.82, 2.24) is 0 Å². The second-order valence-electron chi connectivity index (χ2n) is 11.2. The highest BCUT2D eigenvalue weighted by molar-refractivity contribution is 5.87.